The summed E-state index contributed by atoms with van der Waals surface area (Å²) < 4.78 is 34.5. The highest BCUT2D eigenvalue weighted by Crippen LogP contribution is 2.47. The Bertz CT molecular complexity index is 1070. The third-order valence-electron chi connectivity index (χ3n) is 7.08. The fourth-order valence-corrected chi connectivity index (χ4v) is 6.81. The minimum atomic E-state index is -3.33. The summed E-state index contributed by atoms with van der Waals surface area (Å²) in [5.41, 5.74) is 6.75. The van der Waals surface area contributed by atoms with Crippen LogP contribution in [0.15, 0.2) is 30.3 Å². The first-order valence-electron chi connectivity index (χ1n) is 11.9. The molecule has 5 heteroatoms. The summed E-state index contributed by atoms with van der Waals surface area (Å²) in [5, 5.41) is 0. The summed E-state index contributed by atoms with van der Waals surface area (Å²) in [7, 11) is -3.33. The van der Waals surface area contributed by atoms with Crippen LogP contribution in [-0.4, -0.2) is 20.8 Å². The first kappa shape index (κ1) is 20.9. The maximum Gasteiger partial charge on any atom is 0.233 e. The molecule has 31 heavy (non-hydrogen) atoms. The Morgan fingerprint density at radius 1 is 1.00 bits per heavy atom. The van der Waals surface area contributed by atoms with Gasteiger partial charge in [0.15, 0.2) is 0 Å². The van der Waals surface area contributed by atoms with Gasteiger partial charge in [-0.2, -0.15) is 0 Å². The lowest BCUT2D eigenvalue weighted by Gasteiger charge is -2.23. The molecule has 3 aliphatic rings. The maximum atomic E-state index is 12.9. The van der Waals surface area contributed by atoms with Gasteiger partial charge >= 0.3 is 0 Å². The van der Waals surface area contributed by atoms with Crippen LogP contribution in [0.1, 0.15) is 74.0 Å². The zero-order chi connectivity index (χ0) is 21.4. The number of sulfonamides is 1. The van der Waals surface area contributed by atoms with E-state index in [2.05, 4.69) is 35.1 Å². The Kier molecular flexibility index (Phi) is 5.72. The van der Waals surface area contributed by atoms with Crippen LogP contribution in [0.4, 0.5) is 5.69 Å². The zero-order valence-electron chi connectivity index (χ0n) is 18.5. The summed E-state index contributed by atoms with van der Waals surface area (Å²) in [4.78, 5) is 0. The van der Waals surface area contributed by atoms with E-state index in [9.17, 15) is 8.42 Å². The second-order valence-electron chi connectivity index (χ2n) is 9.69. The highest BCUT2D eigenvalue weighted by Gasteiger charge is 2.29. The van der Waals surface area contributed by atoms with Crippen LogP contribution in [0.3, 0.4) is 0 Å². The number of hydrogen-bond acceptors (Lipinski definition) is 3. The van der Waals surface area contributed by atoms with Crippen LogP contribution >= 0.6 is 0 Å². The standard InChI is InChI=1S/C26H33NO3S/c1-18-14-23(21-11-12-26-22(15-21)8-5-13-30-26)24(20-9-10-20)16-25(18)27-31(28,29)17-19-6-3-2-4-7-19/h11-12,14-16,19-20,27H,2-10,13,17H2,1H3. The van der Waals surface area contributed by atoms with Gasteiger partial charge in [0.2, 0.25) is 10.0 Å². The molecule has 0 unspecified atom stereocenters. The number of benzene rings is 2. The molecule has 0 amide bonds. The van der Waals surface area contributed by atoms with E-state index in [1.54, 1.807) is 0 Å². The third kappa shape index (κ3) is 4.77. The van der Waals surface area contributed by atoms with Gasteiger partial charge in [-0.05, 0) is 109 Å². The number of fused-ring (bicyclic) bond motifs is 1. The first-order valence-corrected chi connectivity index (χ1v) is 13.5. The normalized spacial score (nSPS) is 19.5. The van der Waals surface area contributed by atoms with Crippen LogP contribution in [0, 0.1) is 12.8 Å². The van der Waals surface area contributed by atoms with Crippen molar-refractivity contribution in [2.24, 2.45) is 5.92 Å². The van der Waals surface area contributed by atoms with Crippen molar-refractivity contribution in [1.82, 2.24) is 0 Å². The minimum Gasteiger partial charge on any atom is -0.493 e. The van der Waals surface area contributed by atoms with Gasteiger partial charge in [-0.15, -0.1) is 0 Å². The van der Waals surface area contributed by atoms with Gasteiger partial charge in [0.1, 0.15) is 5.75 Å². The van der Waals surface area contributed by atoms with Crippen LogP contribution < -0.4 is 9.46 Å². The molecule has 0 radical (unpaired) electrons. The molecule has 2 saturated carbocycles. The van der Waals surface area contributed by atoms with E-state index in [1.165, 1.54) is 41.5 Å². The monoisotopic (exact) mass is 439 g/mol. The van der Waals surface area contributed by atoms with Crippen molar-refractivity contribution in [3.8, 4) is 16.9 Å². The summed E-state index contributed by atoms with van der Waals surface area (Å²) in [6.45, 7) is 2.81. The summed E-state index contributed by atoms with van der Waals surface area (Å²) in [6.07, 6.45) is 10.1. The lowest BCUT2D eigenvalue weighted by atomic mass is 9.91. The Hall–Kier alpha value is -2.01. The van der Waals surface area contributed by atoms with Crippen molar-refractivity contribution in [2.75, 3.05) is 17.1 Å². The predicted molar refractivity (Wildman–Crippen MR) is 126 cm³/mol. The topological polar surface area (TPSA) is 55.4 Å². The van der Waals surface area contributed by atoms with Gasteiger partial charge in [-0.25, -0.2) is 8.42 Å². The summed E-state index contributed by atoms with van der Waals surface area (Å²) >= 11 is 0. The molecule has 1 aliphatic heterocycles. The van der Waals surface area contributed by atoms with Gasteiger partial charge in [0.25, 0.3) is 0 Å². The molecule has 0 bridgehead atoms. The average molecular weight is 440 g/mol. The fourth-order valence-electron chi connectivity index (χ4n) is 5.22. The average Bonchev–Trinajstić information content (AvgIpc) is 3.60. The van der Waals surface area contributed by atoms with Crippen molar-refractivity contribution in [3.63, 3.8) is 0 Å². The third-order valence-corrected chi connectivity index (χ3v) is 8.52. The second-order valence-corrected chi connectivity index (χ2v) is 11.5. The van der Waals surface area contributed by atoms with Crippen molar-refractivity contribution in [3.05, 3.63) is 47.0 Å². The number of rotatable bonds is 6. The molecule has 2 aliphatic carbocycles. The van der Waals surface area contributed by atoms with Crippen molar-refractivity contribution >= 4 is 15.7 Å². The fraction of sp³-hybridized carbons (Fsp3) is 0.538. The highest BCUT2D eigenvalue weighted by molar-refractivity contribution is 7.92. The zero-order valence-corrected chi connectivity index (χ0v) is 19.3. The molecule has 166 valence electrons. The molecule has 2 aromatic carbocycles. The second kappa shape index (κ2) is 8.50. The van der Waals surface area contributed by atoms with E-state index in [-0.39, 0.29) is 5.75 Å². The predicted octanol–water partition coefficient (Wildman–Crippen LogP) is 6.19. The number of anilines is 1. The summed E-state index contributed by atoms with van der Waals surface area (Å²) in [5.74, 6) is 2.08. The Morgan fingerprint density at radius 2 is 1.81 bits per heavy atom. The minimum absolute atomic E-state index is 0.248. The van der Waals surface area contributed by atoms with Crippen LogP contribution in [-0.2, 0) is 16.4 Å². The number of ether oxygens (including phenoxy) is 1. The largest absolute Gasteiger partial charge is 0.493 e. The van der Waals surface area contributed by atoms with Gasteiger partial charge in [0, 0.05) is 0 Å². The van der Waals surface area contributed by atoms with E-state index in [0.717, 1.165) is 62.1 Å². The van der Waals surface area contributed by atoms with Crippen LogP contribution in [0.25, 0.3) is 11.1 Å². The molecule has 0 spiro atoms. The van der Waals surface area contributed by atoms with Gasteiger partial charge < -0.3 is 4.74 Å². The van der Waals surface area contributed by atoms with Crippen molar-refractivity contribution in [1.29, 1.82) is 0 Å². The van der Waals surface area contributed by atoms with Crippen molar-refractivity contribution < 1.29 is 13.2 Å². The molecule has 2 fully saturated rings. The molecule has 0 atom stereocenters. The molecule has 1 heterocycles. The van der Waals surface area contributed by atoms with E-state index in [1.807, 2.05) is 6.92 Å². The SMILES string of the molecule is Cc1cc(-c2ccc3c(c2)CCCO3)c(C2CC2)cc1NS(=O)(=O)CC1CCCCC1. The van der Waals surface area contributed by atoms with E-state index >= 15 is 0 Å². The Labute approximate surface area is 186 Å². The van der Waals surface area contributed by atoms with Gasteiger partial charge in [-0.3, -0.25) is 4.72 Å². The number of aryl methyl sites for hydroxylation is 2. The lowest BCUT2D eigenvalue weighted by Crippen LogP contribution is -2.24. The maximum absolute atomic E-state index is 12.9. The number of nitrogens with one attached hydrogen (secondary N) is 1. The van der Waals surface area contributed by atoms with Crippen LogP contribution in [0.5, 0.6) is 5.75 Å². The Balaban J connectivity index is 1.44. The van der Waals surface area contributed by atoms with Gasteiger partial charge in [-0.1, -0.05) is 25.3 Å². The molecule has 0 saturated heterocycles. The van der Waals surface area contributed by atoms with Crippen LogP contribution in [0.2, 0.25) is 0 Å². The molecule has 1 N–H and O–H groups in total. The van der Waals surface area contributed by atoms with E-state index in [4.69, 9.17) is 4.74 Å². The number of hydrogen-bond donors (Lipinski definition) is 1. The summed E-state index contributed by atoms with van der Waals surface area (Å²) in [6, 6.07) is 10.8. The van der Waals surface area contributed by atoms with Crippen molar-refractivity contribution in [2.45, 2.75) is 70.6 Å². The molecule has 4 nitrogen and oxygen atoms in total. The van der Waals surface area contributed by atoms with E-state index in [0.29, 0.717) is 11.8 Å². The Morgan fingerprint density at radius 3 is 2.58 bits per heavy atom. The lowest BCUT2D eigenvalue weighted by molar-refractivity contribution is 0.288. The van der Waals surface area contributed by atoms with Gasteiger partial charge in [0.05, 0.1) is 18.0 Å². The first-order chi connectivity index (χ1) is 15.0. The van der Waals surface area contributed by atoms with E-state index < -0.39 is 10.0 Å². The molecule has 2 aromatic rings. The molecule has 0 aromatic heterocycles. The quantitative estimate of drug-likeness (QED) is 0.584. The molecule has 5 rings (SSSR count). The molecular weight excluding hydrogens is 406 g/mol. The molecular formula is C26H33NO3S. The highest BCUT2D eigenvalue weighted by atomic mass is 32.2. The smallest absolute Gasteiger partial charge is 0.233 e.